The molecule has 2 heterocycles. The smallest absolute Gasteiger partial charge is 0.0541 e. The van der Waals surface area contributed by atoms with Crippen LogP contribution in [0.3, 0.4) is 0 Å². The van der Waals surface area contributed by atoms with Crippen molar-refractivity contribution in [1.29, 1.82) is 0 Å². The maximum Gasteiger partial charge on any atom is 0.0541 e. The molecular formula is C78H52N2. The van der Waals surface area contributed by atoms with E-state index in [2.05, 4.69) is 325 Å². The minimum Gasteiger partial charge on any atom is -0.309 e. The summed E-state index contributed by atoms with van der Waals surface area (Å²) in [6.07, 6.45) is 0. The van der Waals surface area contributed by atoms with Gasteiger partial charge in [-0.1, -0.05) is 237 Å². The Morgan fingerprint density at radius 3 is 0.925 bits per heavy atom. The maximum atomic E-state index is 2.43. The minimum atomic E-state index is 1.13. The van der Waals surface area contributed by atoms with Gasteiger partial charge < -0.3 is 9.13 Å². The lowest BCUT2D eigenvalue weighted by atomic mass is 9.92. The van der Waals surface area contributed by atoms with E-state index in [1.54, 1.807) is 0 Å². The third-order valence-corrected chi connectivity index (χ3v) is 16.1. The summed E-state index contributed by atoms with van der Waals surface area (Å²) in [6, 6.07) is 115. The highest BCUT2D eigenvalue weighted by Crippen LogP contribution is 2.41. The molecule has 0 spiro atoms. The van der Waals surface area contributed by atoms with Gasteiger partial charge in [-0.15, -0.1) is 0 Å². The Morgan fingerprint density at radius 2 is 0.438 bits per heavy atom. The molecule has 2 heteroatoms. The van der Waals surface area contributed by atoms with Gasteiger partial charge in [-0.2, -0.15) is 0 Å². The van der Waals surface area contributed by atoms with Gasteiger partial charge in [0.2, 0.25) is 0 Å². The van der Waals surface area contributed by atoms with E-state index < -0.39 is 0 Å². The van der Waals surface area contributed by atoms with Gasteiger partial charge in [0.1, 0.15) is 0 Å². The topological polar surface area (TPSA) is 9.86 Å². The molecule has 0 N–H and O–H groups in total. The number of para-hydroxylation sites is 2. The van der Waals surface area contributed by atoms with Gasteiger partial charge in [0.25, 0.3) is 0 Å². The Morgan fingerprint density at radius 1 is 0.150 bits per heavy atom. The first-order valence-corrected chi connectivity index (χ1v) is 27.5. The first-order valence-electron chi connectivity index (χ1n) is 27.5. The molecule has 0 aliphatic carbocycles. The standard InChI is InChI=1S/C78H52N2/c1-3-18-53(19-4-1)62-27-16-30-67(49-62)79-75-36-11-9-34-71(75)73-51-64(42-44-77(73)79)65-43-45-78-74(52-65)72-35-10-12-37-76(72)80(78)68-31-17-28-63(50-68)60-25-14-23-58(47-60)55-40-38-54(39-41-55)57-22-13-24-59(46-57)61-26-15-29-66(48-61)70-33-8-7-32-69(70)56-20-5-2-6-21-56/h1-52H. The Bertz CT molecular complexity index is 4810. The molecule has 13 aromatic carbocycles. The lowest BCUT2D eigenvalue weighted by Crippen LogP contribution is -1.94. The lowest BCUT2D eigenvalue weighted by molar-refractivity contribution is 1.18. The van der Waals surface area contributed by atoms with Crippen molar-refractivity contribution in [2.45, 2.75) is 0 Å². The molecule has 80 heavy (non-hydrogen) atoms. The highest BCUT2D eigenvalue weighted by atomic mass is 15.0. The van der Waals surface area contributed by atoms with Crippen molar-refractivity contribution < 1.29 is 0 Å². The van der Waals surface area contributed by atoms with E-state index in [0.29, 0.717) is 0 Å². The summed E-state index contributed by atoms with van der Waals surface area (Å²) in [7, 11) is 0. The summed E-state index contributed by atoms with van der Waals surface area (Å²) < 4.78 is 4.84. The summed E-state index contributed by atoms with van der Waals surface area (Å²) >= 11 is 0. The molecule has 2 nitrogen and oxygen atoms in total. The minimum absolute atomic E-state index is 1.13. The fourth-order valence-electron chi connectivity index (χ4n) is 12.2. The number of fused-ring (bicyclic) bond motifs is 6. The van der Waals surface area contributed by atoms with Crippen molar-refractivity contribution in [3.05, 3.63) is 315 Å². The van der Waals surface area contributed by atoms with E-state index in [1.807, 2.05) is 0 Å². The Labute approximate surface area is 466 Å². The van der Waals surface area contributed by atoms with E-state index in [1.165, 1.54) is 133 Å². The normalized spacial score (nSPS) is 11.5. The van der Waals surface area contributed by atoms with Crippen molar-refractivity contribution in [2.75, 3.05) is 0 Å². The second-order valence-corrected chi connectivity index (χ2v) is 20.9. The predicted molar refractivity (Wildman–Crippen MR) is 339 cm³/mol. The molecule has 15 aromatic rings. The molecule has 2 aromatic heterocycles. The van der Waals surface area contributed by atoms with Crippen molar-refractivity contribution in [1.82, 2.24) is 9.13 Å². The maximum absolute atomic E-state index is 2.43. The molecule has 0 saturated carbocycles. The van der Waals surface area contributed by atoms with Crippen molar-refractivity contribution in [3.8, 4) is 100 Å². The Hall–Kier alpha value is -10.5. The highest BCUT2D eigenvalue weighted by Gasteiger charge is 2.18. The monoisotopic (exact) mass is 1020 g/mol. The van der Waals surface area contributed by atoms with Crippen LogP contribution in [0.4, 0.5) is 0 Å². The summed E-state index contributed by atoms with van der Waals surface area (Å²) in [5, 5.41) is 4.95. The number of aromatic nitrogens is 2. The predicted octanol–water partition coefficient (Wildman–Crippen LogP) is 21.2. The van der Waals surface area contributed by atoms with Gasteiger partial charge in [0.05, 0.1) is 22.1 Å². The molecule has 0 aliphatic heterocycles. The van der Waals surface area contributed by atoms with Gasteiger partial charge in [0.15, 0.2) is 0 Å². The molecule has 0 amide bonds. The number of hydrogen-bond donors (Lipinski definition) is 0. The zero-order valence-corrected chi connectivity index (χ0v) is 43.9. The van der Waals surface area contributed by atoms with Crippen LogP contribution >= 0.6 is 0 Å². The summed E-state index contributed by atoms with van der Waals surface area (Å²) in [6.45, 7) is 0. The van der Waals surface area contributed by atoms with E-state index >= 15 is 0 Å². The van der Waals surface area contributed by atoms with Gasteiger partial charge >= 0.3 is 0 Å². The van der Waals surface area contributed by atoms with Crippen LogP contribution in [0.2, 0.25) is 0 Å². The number of rotatable bonds is 10. The molecule has 0 saturated heterocycles. The second kappa shape index (κ2) is 19.8. The Balaban J connectivity index is 0.718. The fourth-order valence-corrected chi connectivity index (χ4v) is 12.2. The number of nitrogens with zero attached hydrogens (tertiary/aromatic N) is 2. The van der Waals surface area contributed by atoms with Gasteiger partial charge in [-0.3, -0.25) is 0 Å². The van der Waals surface area contributed by atoms with E-state index in [9.17, 15) is 0 Å². The van der Waals surface area contributed by atoms with Crippen LogP contribution in [-0.2, 0) is 0 Å². The van der Waals surface area contributed by atoms with Crippen LogP contribution < -0.4 is 0 Å². The van der Waals surface area contributed by atoms with Gasteiger partial charge in [0, 0.05) is 32.9 Å². The average molecular weight is 1020 g/mol. The largest absolute Gasteiger partial charge is 0.309 e. The molecule has 0 atom stereocenters. The molecule has 0 aliphatic rings. The van der Waals surface area contributed by atoms with Crippen LogP contribution in [0.25, 0.3) is 144 Å². The number of benzene rings is 13. The third-order valence-electron chi connectivity index (χ3n) is 16.1. The SMILES string of the molecule is c1ccc(-c2cccc(-n3c4ccccc4c4cc(-c5ccc6c(c5)c5ccccc5n6-c5cccc(-c6cccc(-c7ccc(-c8cccc(-c9cccc(-c%10ccccc%10-c%10ccccc%10)c9)c8)cc7)c6)c5)ccc43)c2)cc1. The molecule has 374 valence electrons. The molecule has 0 radical (unpaired) electrons. The van der Waals surface area contributed by atoms with Crippen LogP contribution in [0.15, 0.2) is 315 Å². The molecule has 0 unspecified atom stereocenters. The number of hydrogen-bond acceptors (Lipinski definition) is 0. The average Bonchev–Trinajstić information content (AvgIpc) is 4.15. The molecule has 15 rings (SSSR count). The fraction of sp³-hybridized carbons (Fsp3) is 0. The molecular weight excluding hydrogens is 965 g/mol. The summed E-state index contributed by atoms with van der Waals surface area (Å²) in [5.74, 6) is 0. The lowest BCUT2D eigenvalue weighted by Gasteiger charge is -2.13. The van der Waals surface area contributed by atoms with Crippen LogP contribution in [0.5, 0.6) is 0 Å². The first kappa shape index (κ1) is 46.7. The summed E-state index contributed by atoms with van der Waals surface area (Å²) in [5.41, 5.74) is 26.3. The van der Waals surface area contributed by atoms with Crippen molar-refractivity contribution in [3.63, 3.8) is 0 Å². The van der Waals surface area contributed by atoms with E-state index in [-0.39, 0.29) is 0 Å². The zero-order valence-electron chi connectivity index (χ0n) is 43.9. The van der Waals surface area contributed by atoms with Crippen LogP contribution in [0.1, 0.15) is 0 Å². The summed E-state index contributed by atoms with van der Waals surface area (Å²) in [4.78, 5) is 0. The van der Waals surface area contributed by atoms with Crippen molar-refractivity contribution >= 4 is 43.6 Å². The quantitative estimate of drug-likeness (QED) is 0.129. The molecule has 0 bridgehead atoms. The highest BCUT2D eigenvalue weighted by molar-refractivity contribution is 6.13. The van der Waals surface area contributed by atoms with E-state index in [4.69, 9.17) is 0 Å². The molecule has 0 fully saturated rings. The van der Waals surface area contributed by atoms with Gasteiger partial charge in [-0.05, 0) is 168 Å². The van der Waals surface area contributed by atoms with E-state index in [0.717, 1.165) is 11.4 Å². The van der Waals surface area contributed by atoms with Crippen LogP contribution in [0, 0.1) is 0 Å². The zero-order chi connectivity index (χ0) is 52.9. The first-order chi connectivity index (χ1) is 39.6. The Kier molecular flexibility index (Phi) is 11.6. The van der Waals surface area contributed by atoms with Gasteiger partial charge in [-0.25, -0.2) is 0 Å². The van der Waals surface area contributed by atoms with Crippen molar-refractivity contribution in [2.24, 2.45) is 0 Å². The second-order valence-electron chi connectivity index (χ2n) is 20.9. The van der Waals surface area contributed by atoms with Crippen LogP contribution in [-0.4, -0.2) is 9.13 Å². The third kappa shape index (κ3) is 8.39.